The first kappa shape index (κ1) is 18.9. The fourth-order valence-corrected chi connectivity index (χ4v) is 3.00. The molecule has 0 radical (unpaired) electrons. The van der Waals surface area contributed by atoms with E-state index in [4.69, 9.17) is 42.5 Å². The highest BCUT2D eigenvalue weighted by Gasteiger charge is 2.40. The van der Waals surface area contributed by atoms with Gasteiger partial charge in [-0.25, -0.2) is 0 Å². The number of halogens is 2. The van der Waals surface area contributed by atoms with Gasteiger partial charge in [-0.05, 0) is 32.4 Å². The van der Waals surface area contributed by atoms with Crippen molar-refractivity contribution in [2.24, 2.45) is 0 Å². The summed E-state index contributed by atoms with van der Waals surface area (Å²) in [5.41, 5.74) is 0.648. The number of aliphatic hydroxyl groups excluding tert-OH is 2. The first-order valence-corrected chi connectivity index (χ1v) is 8.25. The standard InChI is InChI=1S/C16H22Cl2O5/c1-16(2)22-9-14(23-16)15(13(20)6-7-19)21-8-10-11(17)4-3-5-12(10)18/h3-5,13-15,19-20H,6-9H2,1-2H3/t13?,14-,15+/m1/s1. The minimum Gasteiger partial charge on any atom is -0.396 e. The Hall–Kier alpha value is -0.400. The second-order valence-electron chi connectivity index (χ2n) is 5.92. The van der Waals surface area contributed by atoms with Gasteiger partial charge in [0.25, 0.3) is 0 Å². The third-order valence-corrected chi connectivity index (χ3v) is 4.39. The first-order chi connectivity index (χ1) is 10.8. The van der Waals surface area contributed by atoms with Gasteiger partial charge in [0.1, 0.15) is 12.2 Å². The average Bonchev–Trinajstić information content (AvgIpc) is 2.82. The number of hydrogen-bond acceptors (Lipinski definition) is 5. The Bertz CT molecular complexity index is 503. The highest BCUT2D eigenvalue weighted by molar-refractivity contribution is 6.35. The zero-order chi connectivity index (χ0) is 17.0. The molecule has 1 fully saturated rings. The van der Waals surface area contributed by atoms with Crippen molar-refractivity contribution in [2.45, 2.75) is 51.0 Å². The van der Waals surface area contributed by atoms with Gasteiger partial charge in [0.05, 0.1) is 19.3 Å². The molecule has 1 aliphatic heterocycles. The molecule has 0 amide bonds. The van der Waals surface area contributed by atoms with Crippen molar-refractivity contribution in [3.63, 3.8) is 0 Å². The SMILES string of the molecule is CC1(C)OC[C@H]([C@@H](OCc2c(Cl)cccc2Cl)C(O)CCO)O1. The van der Waals surface area contributed by atoms with E-state index in [1.54, 1.807) is 32.0 Å². The Morgan fingerprint density at radius 3 is 2.52 bits per heavy atom. The number of rotatable bonds is 7. The van der Waals surface area contributed by atoms with Crippen molar-refractivity contribution >= 4 is 23.2 Å². The van der Waals surface area contributed by atoms with E-state index in [2.05, 4.69) is 0 Å². The van der Waals surface area contributed by atoms with E-state index in [1.165, 1.54) is 0 Å². The number of ether oxygens (including phenoxy) is 3. The molecule has 7 heteroatoms. The van der Waals surface area contributed by atoms with Gasteiger partial charge < -0.3 is 24.4 Å². The molecule has 1 saturated heterocycles. The Balaban J connectivity index is 2.09. The number of aliphatic hydroxyl groups is 2. The predicted octanol–water partition coefficient (Wildman–Crippen LogP) is 2.77. The van der Waals surface area contributed by atoms with Crippen LogP contribution in [0.4, 0.5) is 0 Å². The third-order valence-electron chi connectivity index (χ3n) is 3.68. The molecule has 130 valence electrons. The molecule has 0 bridgehead atoms. The van der Waals surface area contributed by atoms with E-state index < -0.39 is 24.1 Å². The van der Waals surface area contributed by atoms with E-state index >= 15 is 0 Å². The van der Waals surface area contributed by atoms with Crippen LogP contribution in [0.1, 0.15) is 25.8 Å². The van der Waals surface area contributed by atoms with Crippen LogP contribution in [0.25, 0.3) is 0 Å². The van der Waals surface area contributed by atoms with Crippen LogP contribution in [0.5, 0.6) is 0 Å². The van der Waals surface area contributed by atoms with Crippen molar-refractivity contribution < 1.29 is 24.4 Å². The van der Waals surface area contributed by atoms with E-state index in [0.717, 1.165) is 0 Å². The molecule has 1 aromatic rings. The molecule has 1 aromatic carbocycles. The van der Waals surface area contributed by atoms with Crippen molar-refractivity contribution in [2.75, 3.05) is 13.2 Å². The predicted molar refractivity (Wildman–Crippen MR) is 87.7 cm³/mol. The Kier molecular flexibility index (Phi) is 6.68. The van der Waals surface area contributed by atoms with Crippen molar-refractivity contribution in [3.8, 4) is 0 Å². The molecule has 1 heterocycles. The van der Waals surface area contributed by atoms with Gasteiger partial charge >= 0.3 is 0 Å². The normalized spacial score (nSPS) is 23.0. The van der Waals surface area contributed by atoms with Gasteiger partial charge in [-0.15, -0.1) is 0 Å². The zero-order valence-electron chi connectivity index (χ0n) is 13.2. The average molecular weight is 365 g/mol. The minimum atomic E-state index is -0.885. The highest BCUT2D eigenvalue weighted by Crippen LogP contribution is 2.30. The summed E-state index contributed by atoms with van der Waals surface area (Å²) in [5, 5.41) is 20.3. The molecule has 0 aliphatic carbocycles. The molecule has 2 rings (SSSR count). The summed E-state index contributed by atoms with van der Waals surface area (Å²) in [6.07, 6.45) is -1.80. The molecule has 2 N–H and O–H groups in total. The maximum atomic E-state index is 10.3. The Morgan fingerprint density at radius 2 is 2.00 bits per heavy atom. The van der Waals surface area contributed by atoms with E-state index in [0.29, 0.717) is 22.2 Å². The van der Waals surface area contributed by atoms with E-state index in [-0.39, 0.29) is 19.6 Å². The highest BCUT2D eigenvalue weighted by atomic mass is 35.5. The van der Waals surface area contributed by atoms with Crippen LogP contribution >= 0.6 is 23.2 Å². The van der Waals surface area contributed by atoms with Gasteiger partial charge in [0, 0.05) is 22.2 Å². The summed E-state index contributed by atoms with van der Waals surface area (Å²) in [4.78, 5) is 0. The van der Waals surface area contributed by atoms with Gasteiger partial charge in [-0.1, -0.05) is 29.3 Å². The molecule has 0 aromatic heterocycles. The van der Waals surface area contributed by atoms with Crippen molar-refractivity contribution in [1.29, 1.82) is 0 Å². The molecule has 1 aliphatic rings. The lowest BCUT2D eigenvalue weighted by molar-refractivity contribution is -0.172. The molecule has 0 spiro atoms. The molecular weight excluding hydrogens is 343 g/mol. The van der Waals surface area contributed by atoms with Crippen LogP contribution in [0, 0.1) is 0 Å². The fourth-order valence-electron chi connectivity index (χ4n) is 2.49. The van der Waals surface area contributed by atoms with Crippen LogP contribution in [0.15, 0.2) is 18.2 Å². The summed E-state index contributed by atoms with van der Waals surface area (Å²) in [7, 11) is 0. The molecule has 23 heavy (non-hydrogen) atoms. The number of benzene rings is 1. The molecule has 0 saturated carbocycles. The Morgan fingerprint density at radius 1 is 1.35 bits per heavy atom. The molecule has 5 nitrogen and oxygen atoms in total. The van der Waals surface area contributed by atoms with Gasteiger partial charge in [-0.2, -0.15) is 0 Å². The summed E-state index contributed by atoms with van der Waals surface area (Å²) in [6, 6.07) is 5.20. The lowest BCUT2D eigenvalue weighted by atomic mass is 10.1. The Labute approximate surface area is 146 Å². The summed E-state index contributed by atoms with van der Waals surface area (Å²) >= 11 is 12.3. The topological polar surface area (TPSA) is 68.2 Å². The smallest absolute Gasteiger partial charge is 0.163 e. The van der Waals surface area contributed by atoms with Crippen LogP contribution in [0.2, 0.25) is 10.0 Å². The summed E-state index contributed by atoms with van der Waals surface area (Å²) in [6.45, 7) is 3.88. The van der Waals surface area contributed by atoms with E-state index in [9.17, 15) is 5.11 Å². The largest absolute Gasteiger partial charge is 0.396 e. The van der Waals surface area contributed by atoms with Crippen LogP contribution in [-0.2, 0) is 20.8 Å². The quantitative estimate of drug-likeness (QED) is 0.778. The van der Waals surface area contributed by atoms with Crippen molar-refractivity contribution in [3.05, 3.63) is 33.8 Å². The summed E-state index contributed by atoms with van der Waals surface area (Å²) in [5.74, 6) is -0.729. The lowest BCUT2D eigenvalue weighted by Crippen LogP contribution is -2.42. The number of hydrogen-bond donors (Lipinski definition) is 2. The fraction of sp³-hybridized carbons (Fsp3) is 0.625. The van der Waals surface area contributed by atoms with Crippen molar-refractivity contribution in [1.82, 2.24) is 0 Å². The minimum absolute atomic E-state index is 0.131. The van der Waals surface area contributed by atoms with Crippen LogP contribution < -0.4 is 0 Å². The van der Waals surface area contributed by atoms with Gasteiger partial charge in [-0.3, -0.25) is 0 Å². The van der Waals surface area contributed by atoms with E-state index in [1.807, 2.05) is 0 Å². The van der Waals surface area contributed by atoms with Gasteiger partial charge in [0.2, 0.25) is 0 Å². The first-order valence-electron chi connectivity index (χ1n) is 7.49. The summed E-state index contributed by atoms with van der Waals surface area (Å²) < 4.78 is 17.2. The van der Waals surface area contributed by atoms with Crippen LogP contribution in [0.3, 0.4) is 0 Å². The van der Waals surface area contributed by atoms with Gasteiger partial charge in [0.15, 0.2) is 5.79 Å². The molecular formula is C16H22Cl2O5. The molecule has 3 atom stereocenters. The maximum absolute atomic E-state index is 10.3. The second kappa shape index (κ2) is 8.12. The maximum Gasteiger partial charge on any atom is 0.163 e. The monoisotopic (exact) mass is 364 g/mol. The zero-order valence-corrected chi connectivity index (χ0v) is 14.7. The third kappa shape index (κ3) is 5.03. The lowest BCUT2D eigenvalue weighted by Gasteiger charge is -2.28. The second-order valence-corrected chi connectivity index (χ2v) is 6.74. The van der Waals surface area contributed by atoms with Crippen LogP contribution in [-0.4, -0.2) is 47.5 Å². The molecule has 1 unspecified atom stereocenters.